The summed E-state index contributed by atoms with van der Waals surface area (Å²) in [5.74, 6) is 0.984. The van der Waals surface area contributed by atoms with E-state index in [0.717, 1.165) is 10.2 Å². The van der Waals surface area contributed by atoms with E-state index in [9.17, 15) is 4.79 Å². The molecule has 6 nitrogen and oxygen atoms in total. The van der Waals surface area contributed by atoms with E-state index in [2.05, 4.69) is 30.1 Å². The highest BCUT2D eigenvalue weighted by atomic mass is 32.1. The van der Waals surface area contributed by atoms with Crippen molar-refractivity contribution in [2.24, 2.45) is 0 Å². The van der Waals surface area contributed by atoms with Crippen LogP contribution in [0.15, 0.2) is 45.5 Å². The van der Waals surface area contributed by atoms with Crippen molar-refractivity contribution in [2.45, 2.75) is 27.3 Å². The highest BCUT2D eigenvalue weighted by molar-refractivity contribution is 7.22. The van der Waals surface area contributed by atoms with E-state index in [1.165, 1.54) is 22.5 Å². The van der Waals surface area contributed by atoms with Gasteiger partial charge in [-0.15, -0.1) is 0 Å². The topological polar surface area (TPSA) is 72.4 Å². The molecule has 7 heteroatoms. The van der Waals surface area contributed by atoms with Gasteiger partial charge in [-0.2, -0.15) is 0 Å². The lowest BCUT2D eigenvalue weighted by Crippen LogP contribution is -2.30. The third-order valence-electron chi connectivity index (χ3n) is 4.21. The maximum Gasteiger partial charge on any atom is 0.282 e. The molecule has 0 aliphatic rings. The van der Waals surface area contributed by atoms with Crippen LogP contribution in [0.25, 0.3) is 10.2 Å². The molecule has 26 heavy (non-hydrogen) atoms. The van der Waals surface area contributed by atoms with Crippen LogP contribution in [0.2, 0.25) is 0 Å². The monoisotopic (exact) mass is 367 g/mol. The van der Waals surface area contributed by atoms with Crippen LogP contribution in [0.4, 0.5) is 5.13 Å². The van der Waals surface area contributed by atoms with Crippen molar-refractivity contribution < 1.29 is 13.7 Å². The molecule has 4 aromatic rings. The fourth-order valence-corrected chi connectivity index (χ4v) is 3.72. The number of thiazole rings is 1. The van der Waals surface area contributed by atoms with Gasteiger partial charge >= 0.3 is 0 Å². The molecule has 0 spiro atoms. The van der Waals surface area contributed by atoms with Gasteiger partial charge in [-0.05, 0) is 56.2 Å². The fourth-order valence-electron chi connectivity index (χ4n) is 2.67. The Morgan fingerprint density at radius 2 is 2.00 bits per heavy atom. The maximum absolute atomic E-state index is 13.0. The molecular formula is C19H17N3O3S. The molecular weight excluding hydrogens is 350 g/mol. The molecule has 0 aliphatic heterocycles. The predicted molar refractivity (Wildman–Crippen MR) is 99.6 cm³/mol. The van der Waals surface area contributed by atoms with Crippen molar-refractivity contribution in [3.8, 4) is 0 Å². The van der Waals surface area contributed by atoms with Gasteiger partial charge in [0.15, 0.2) is 10.8 Å². The first-order chi connectivity index (χ1) is 12.5. The summed E-state index contributed by atoms with van der Waals surface area (Å²) in [6, 6.07) is 9.39. The minimum absolute atomic E-state index is 0.251. The number of carbonyl (C=O) groups is 1. The van der Waals surface area contributed by atoms with Gasteiger partial charge in [-0.3, -0.25) is 9.69 Å². The zero-order valence-corrected chi connectivity index (χ0v) is 15.5. The highest BCUT2D eigenvalue weighted by Gasteiger charge is 2.25. The molecule has 0 bridgehead atoms. The summed E-state index contributed by atoms with van der Waals surface area (Å²) in [4.78, 5) is 19.3. The molecule has 1 aromatic carbocycles. The molecule has 0 fully saturated rings. The van der Waals surface area contributed by atoms with E-state index in [1.54, 1.807) is 30.2 Å². The highest BCUT2D eigenvalue weighted by Crippen LogP contribution is 2.32. The van der Waals surface area contributed by atoms with Crippen molar-refractivity contribution in [1.82, 2.24) is 10.1 Å². The Labute approximate surface area is 154 Å². The van der Waals surface area contributed by atoms with Gasteiger partial charge in [0.05, 0.1) is 23.0 Å². The van der Waals surface area contributed by atoms with Gasteiger partial charge in [0, 0.05) is 6.07 Å². The van der Waals surface area contributed by atoms with E-state index in [-0.39, 0.29) is 18.1 Å². The van der Waals surface area contributed by atoms with E-state index in [1.807, 2.05) is 12.1 Å². The molecule has 0 saturated heterocycles. The third kappa shape index (κ3) is 3.01. The van der Waals surface area contributed by atoms with Crippen molar-refractivity contribution in [2.75, 3.05) is 4.90 Å². The third-order valence-corrected chi connectivity index (χ3v) is 5.25. The smallest absolute Gasteiger partial charge is 0.282 e. The summed E-state index contributed by atoms with van der Waals surface area (Å²) in [5.41, 5.74) is 3.50. The summed E-state index contributed by atoms with van der Waals surface area (Å²) in [7, 11) is 0. The largest absolute Gasteiger partial charge is 0.467 e. The standard InChI is InChI=1S/C19H17N3O3S/c1-11-7-15-17(8-12(11)2)26-19(20-15)22(10-14-5-4-6-24-14)18(23)16-9-13(3)25-21-16/h4-9H,10H2,1-3H3. The van der Waals surface area contributed by atoms with Crippen LogP contribution in [-0.4, -0.2) is 16.0 Å². The molecule has 0 unspecified atom stereocenters. The first-order valence-corrected chi connectivity index (χ1v) is 8.98. The summed E-state index contributed by atoms with van der Waals surface area (Å²) >= 11 is 1.47. The van der Waals surface area contributed by atoms with Gasteiger partial charge in [-0.25, -0.2) is 4.98 Å². The lowest BCUT2D eigenvalue weighted by atomic mass is 10.1. The lowest BCUT2D eigenvalue weighted by Gasteiger charge is -2.17. The number of fused-ring (bicyclic) bond motifs is 1. The number of rotatable bonds is 4. The van der Waals surface area contributed by atoms with E-state index < -0.39 is 0 Å². The van der Waals surface area contributed by atoms with Crippen molar-refractivity contribution in [3.05, 3.63) is 64.9 Å². The number of anilines is 1. The Morgan fingerprint density at radius 1 is 1.19 bits per heavy atom. The number of furan rings is 1. The Bertz CT molecular complexity index is 1040. The normalized spacial score (nSPS) is 11.2. The van der Waals surface area contributed by atoms with E-state index in [4.69, 9.17) is 8.94 Å². The number of amides is 1. The number of aryl methyl sites for hydroxylation is 3. The molecule has 4 rings (SSSR count). The van der Waals surface area contributed by atoms with Crippen LogP contribution in [0.3, 0.4) is 0 Å². The predicted octanol–water partition coefficient (Wildman–Crippen LogP) is 4.65. The molecule has 0 aliphatic carbocycles. The number of hydrogen-bond donors (Lipinski definition) is 0. The zero-order valence-electron chi connectivity index (χ0n) is 14.6. The SMILES string of the molecule is Cc1cc(C(=O)N(Cc2ccco2)c2nc3cc(C)c(C)cc3s2)no1. The van der Waals surface area contributed by atoms with Crippen LogP contribution in [0, 0.1) is 20.8 Å². The number of nitrogens with zero attached hydrogens (tertiary/aromatic N) is 3. The summed E-state index contributed by atoms with van der Waals surface area (Å²) < 4.78 is 11.5. The number of carbonyl (C=O) groups excluding carboxylic acids is 1. The minimum Gasteiger partial charge on any atom is -0.467 e. The molecule has 0 atom stereocenters. The number of hydrogen-bond acceptors (Lipinski definition) is 6. The van der Waals surface area contributed by atoms with Gasteiger partial charge in [-0.1, -0.05) is 16.5 Å². The molecule has 3 aromatic heterocycles. The fraction of sp³-hybridized carbons (Fsp3) is 0.211. The van der Waals surface area contributed by atoms with Gasteiger partial charge in [0.25, 0.3) is 5.91 Å². The van der Waals surface area contributed by atoms with Crippen LogP contribution >= 0.6 is 11.3 Å². The second-order valence-corrected chi connectivity index (χ2v) is 7.20. The minimum atomic E-state index is -0.272. The van der Waals surface area contributed by atoms with Crippen LogP contribution in [-0.2, 0) is 6.54 Å². The van der Waals surface area contributed by atoms with Gasteiger partial charge in [0.1, 0.15) is 11.5 Å². The molecule has 3 heterocycles. The molecule has 0 N–H and O–H groups in total. The van der Waals surface area contributed by atoms with Crippen LogP contribution in [0.5, 0.6) is 0 Å². The van der Waals surface area contributed by atoms with Crippen LogP contribution in [0.1, 0.15) is 33.1 Å². The Hall–Kier alpha value is -2.93. The second kappa shape index (κ2) is 6.42. The van der Waals surface area contributed by atoms with Gasteiger partial charge < -0.3 is 8.94 Å². The van der Waals surface area contributed by atoms with E-state index in [0.29, 0.717) is 16.7 Å². The van der Waals surface area contributed by atoms with Crippen molar-refractivity contribution >= 4 is 32.6 Å². The number of benzene rings is 1. The average Bonchev–Trinajstić information content (AvgIpc) is 3.33. The van der Waals surface area contributed by atoms with Crippen molar-refractivity contribution in [3.63, 3.8) is 0 Å². The number of aromatic nitrogens is 2. The van der Waals surface area contributed by atoms with Crippen molar-refractivity contribution in [1.29, 1.82) is 0 Å². The van der Waals surface area contributed by atoms with E-state index >= 15 is 0 Å². The van der Waals surface area contributed by atoms with Gasteiger partial charge in [0.2, 0.25) is 0 Å². The molecule has 132 valence electrons. The molecule has 0 saturated carbocycles. The Morgan fingerprint density at radius 3 is 2.69 bits per heavy atom. The Balaban J connectivity index is 1.78. The summed E-state index contributed by atoms with van der Waals surface area (Å²) in [5, 5.41) is 4.46. The quantitative estimate of drug-likeness (QED) is 0.525. The second-order valence-electron chi connectivity index (χ2n) is 6.19. The summed E-state index contributed by atoms with van der Waals surface area (Å²) in [6.45, 7) is 6.15. The maximum atomic E-state index is 13.0. The zero-order chi connectivity index (χ0) is 18.3. The first-order valence-electron chi connectivity index (χ1n) is 8.16. The average molecular weight is 367 g/mol. The lowest BCUT2D eigenvalue weighted by molar-refractivity contribution is 0.0974. The Kier molecular flexibility index (Phi) is 4.08. The van der Waals surface area contributed by atoms with Crippen LogP contribution < -0.4 is 4.90 Å². The molecule has 1 amide bonds. The molecule has 0 radical (unpaired) electrons. The first kappa shape index (κ1) is 16.5. The summed E-state index contributed by atoms with van der Waals surface area (Å²) in [6.07, 6.45) is 1.59.